The minimum absolute atomic E-state index is 0.00185. The number of imidazole rings is 1. The van der Waals surface area contributed by atoms with Crippen LogP contribution in [-0.4, -0.2) is 35.7 Å². The molecule has 34 heavy (non-hydrogen) atoms. The predicted octanol–water partition coefficient (Wildman–Crippen LogP) is 5.69. The predicted molar refractivity (Wildman–Crippen MR) is 134 cm³/mol. The highest BCUT2D eigenvalue weighted by molar-refractivity contribution is 6.30. The van der Waals surface area contributed by atoms with Crippen molar-refractivity contribution in [2.24, 2.45) is 0 Å². The van der Waals surface area contributed by atoms with Gasteiger partial charge < -0.3 is 18.9 Å². The SMILES string of the molecule is COc1ccccc1N1C[C@H](c2nc3ccccc3n2CCCOc2ccc(Cl)cc2)CC1=O. The highest BCUT2D eigenvalue weighted by Crippen LogP contribution is 2.37. The lowest BCUT2D eigenvalue weighted by Gasteiger charge is -2.19. The highest BCUT2D eigenvalue weighted by atomic mass is 35.5. The van der Waals surface area contributed by atoms with E-state index in [1.165, 1.54) is 0 Å². The minimum atomic E-state index is 0.00185. The van der Waals surface area contributed by atoms with Crippen LogP contribution in [0.4, 0.5) is 5.69 Å². The van der Waals surface area contributed by atoms with E-state index in [0.29, 0.717) is 30.3 Å². The summed E-state index contributed by atoms with van der Waals surface area (Å²) in [4.78, 5) is 19.8. The third-order valence-corrected chi connectivity index (χ3v) is 6.41. The van der Waals surface area contributed by atoms with Crippen LogP contribution in [0, 0.1) is 0 Å². The summed E-state index contributed by atoms with van der Waals surface area (Å²) in [6.07, 6.45) is 1.23. The fourth-order valence-electron chi connectivity index (χ4n) is 4.55. The third kappa shape index (κ3) is 4.46. The second-order valence-electron chi connectivity index (χ2n) is 8.34. The first-order valence-corrected chi connectivity index (χ1v) is 11.8. The zero-order chi connectivity index (χ0) is 23.5. The maximum Gasteiger partial charge on any atom is 0.227 e. The molecule has 0 unspecified atom stereocenters. The summed E-state index contributed by atoms with van der Waals surface area (Å²) in [6.45, 7) is 1.90. The quantitative estimate of drug-likeness (QED) is 0.307. The largest absolute Gasteiger partial charge is 0.495 e. The number of carbonyl (C=O) groups excluding carboxylic acids is 1. The molecule has 0 bridgehead atoms. The molecule has 0 saturated carbocycles. The Balaban J connectivity index is 1.35. The molecular formula is C27H26ClN3O3. The Morgan fingerprint density at radius 1 is 1.03 bits per heavy atom. The van der Waals surface area contributed by atoms with Gasteiger partial charge in [-0.25, -0.2) is 4.98 Å². The molecule has 0 N–H and O–H groups in total. The first-order chi connectivity index (χ1) is 16.6. The van der Waals surface area contributed by atoms with Crippen LogP contribution < -0.4 is 14.4 Å². The zero-order valence-electron chi connectivity index (χ0n) is 19.0. The van der Waals surface area contributed by atoms with Crippen LogP contribution in [0.5, 0.6) is 11.5 Å². The molecule has 4 aromatic rings. The number of hydrogen-bond acceptors (Lipinski definition) is 4. The molecule has 1 fully saturated rings. The highest BCUT2D eigenvalue weighted by Gasteiger charge is 2.35. The number of nitrogens with zero attached hydrogens (tertiary/aromatic N) is 3. The summed E-state index contributed by atoms with van der Waals surface area (Å²) in [5.41, 5.74) is 2.82. The van der Waals surface area contributed by atoms with Gasteiger partial charge >= 0.3 is 0 Å². The standard InChI is InChI=1S/C27H26ClN3O3/c1-33-25-10-5-4-9-24(25)31-18-19(17-26(31)32)27-29-22-7-2-3-8-23(22)30(27)15-6-16-34-21-13-11-20(28)12-14-21/h2-5,7-14,19H,6,15-18H2,1H3/t19-/m1/s1. The van der Waals surface area contributed by atoms with E-state index < -0.39 is 0 Å². The van der Waals surface area contributed by atoms with E-state index in [1.807, 2.05) is 71.6 Å². The average Bonchev–Trinajstić information content (AvgIpc) is 3.43. The monoisotopic (exact) mass is 475 g/mol. The van der Waals surface area contributed by atoms with Gasteiger partial charge in [0.05, 0.1) is 30.4 Å². The van der Waals surface area contributed by atoms with Crippen molar-refractivity contribution in [1.29, 1.82) is 0 Å². The summed E-state index contributed by atoms with van der Waals surface area (Å²) in [5.74, 6) is 2.53. The number of hydrogen-bond donors (Lipinski definition) is 0. The molecule has 1 atom stereocenters. The van der Waals surface area contributed by atoms with E-state index in [0.717, 1.165) is 41.3 Å². The van der Waals surface area contributed by atoms with Crippen LogP contribution in [0.3, 0.4) is 0 Å². The molecule has 174 valence electrons. The van der Waals surface area contributed by atoms with Gasteiger partial charge in [-0.05, 0) is 55.0 Å². The number of aromatic nitrogens is 2. The van der Waals surface area contributed by atoms with Crippen LogP contribution in [0.2, 0.25) is 5.02 Å². The van der Waals surface area contributed by atoms with Gasteiger partial charge in [0.1, 0.15) is 17.3 Å². The lowest BCUT2D eigenvalue weighted by molar-refractivity contribution is -0.117. The summed E-state index contributed by atoms with van der Waals surface area (Å²) in [5, 5.41) is 0.690. The molecule has 3 aromatic carbocycles. The van der Waals surface area contributed by atoms with Gasteiger partial charge in [0.25, 0.3) is 0 Å². The van der Waals surface area contributed by atoms with Gasteiger partial charge in [-0.3, -0.25) is 4.79 Å². The van der Waals surface area contributed by atoms with Gasteiger partial charge in [0.15, 0.2) is 0 Å². The van der Waals surface area contributed by atoms with Gasteiger partial charge in [0, 0.05) is 30.5 Å². The number of anilines is 1. The second-order valence-corrected chi connectivity index (χ2v) is 8.78. The Morgan fingerprint density at radius 2 is 1.79 bits per heavy atom. The van der Waals surface area contributed by atoms with E-state index in [9.17, 15) is 4.79 Å². The third-order valence-electron chi connectivity index (χ3n) is 6.16. The number of amides is 1. The first-order valence-electron chi connectivity index (χ1n) is 11.4. The van der Waals surface area contributed by atoms with Crippen molar-refractivity contribution >= 4 is 34.2 Å². The van der Waals surface area contributed by atoms with E-state index >= 15 is 0 Å². The van der Waals surface area contributed by atoms with Gasteiger partial charge in [-0.1, -0.05) is 35.9 Å². The Labute approximate surface area is 203 Å². The number of rotatable bonds is 8. The number of para-hydroxylation sites is 4. The zero-order valence-corrected chi connectivity index (χ0v) is 19.7. The van der Waals surface area contributed by atoms with Gasteiger partial charge in [-0.2, -0.15) is 0 Å². The molecule has 6 nitrogen and oxygen atoms in total. The number of ether oxygens (including phenoxy) is 2. The molecule has 0 spiro atoms. The van der Waals surface area contributed by atoms with E-state index in [-0.39, 0.29) is 11.8 Å². The van der Waals surface area contributed by atoms with Crippen LogP contribution in [0.25, 0.3) is 11.0 Å². The maximum atomic E-state index is 13.0. The molecule has 0 radical (unpaired) electrons. The van der Waals surface area contributed by atoms with Crippen LogP contribution >= 0.6 is 11.6 Å². The first kappa shape index (κ1) is 22.3. The smallest absolute Gasteiger partial charge is 0.227 e. The second kappa shape index (κ2) is 9.77. The average molecular weight is 476 g/mol. The van der Waals surface area contributed by atoms with Crippen molar-refractivity contribution in [3.8, 4) is 11.5 Å². The summed E-state index contributed by atoms with van der Waals surface area (Å²) < 4.78 is 13.6. The molecule has 0 aliphatic carbocycles. The molecule has 1 amide bonds. The Kier molecular flexibility index (Phi) is 6.41. The molecular weight excluding hydrogens is 450 g/mol. The fraction of sp³-hybridized carbons (Fsp3) is 0.259. The molecule has 1 aliphatic rings. The molecule has 2 heterocycles. The minimum Gasteiger partial charge on any atom is -0.495 e. The van der Waals surface area contributed by atoms with Crippen molar-refractivity contribution in [3.05, 3.63) is 83.6 Å². The number of carbonyl (C=O) groups is 1. The Morgan fingerprint density at radius 3 is 2.62 bits per heavy atom. The fourth-order valence-corrected chi connectivity index (χ4v) is 4.68. The Hall–Kier alpha value is -3.51. The van der Waals surface area contributed by atoms with Gasteiger partial charge in [0.2, 0.25) is 5.91 Å². The summed E-state index contributed by atoms with van der Waals surface area (Å²) >= 11 is 5.95. The maximum absolute atomic E-state index is 13.0. The molecule has 1 aliphatic heterocycles. The molecule has 1 saturated heterocycles. The van der Waals surface area contributed by atoms with Crippen molar-refractivity contribution in [1.82, 2.24) is 9.55 Å². The normalized spacial score (nSPS) is 15.8. The number of benzene rings is 3. The lowest BCUT2D eigenvalue weighted by Crippen LogP contribution is -2.25. The molecule has 1 aromatic heterocycles. The van der Waals surface area contributed by atoms with Crippen LogP contribution in [0.1, 0.15) is 24.6 Å². The van der Waals surface area contributed by atoms with Gasteiger partial charge in [-0.15, -0.1) is 0 Å². The van der Waals surface area contributed by atoms with Crippen molar-refractivity contribution in [2.45, 2.75) is 25.3 Å². The number of methoxy groups -OCH3 is 1. The van der Waals surface area contributed by atoms with E-state index in [2.05, 4.69) is 10.6 Å². The van der Waals surface area contributed by atoms with Crippen LogP contribution in [0.15, 0.2) is 72.8 Å². The number of aryl methyl sites for hydroxylation is 1. The van der Waals surface area contributed by atoms with Crippen molar-refractivity contribution in [2.75, 3.05) is 25.2 Å². The summed E-state index contributed by atoms with van der Waals surface area (Å²) in [6, 6.07) is 23.2. The van der Waals surface area contributed by atoms with E-state index in [1.54, 1.807) is 7.11 Å². The number of halogens is 1. The lowest BCUT2D eigenvalue weighted by atomic mass is 10.1. The van der Waals surface area contributed by atoms with E-state index in [4.69, 9.17) is 26.1 Å². The molecule has 5 rings (SSSR count). The molecule has 7 heteroatoms. The summed E-state index contributed by atoms with van der Waals surface area (Å²) in [7, 11) is 1.63. The van der Waals surface area contributed by atoms with Crippen molar-refractivity contribution in [3.63, 3.8) is 0 Å². The Bertz CT molecular complexity index is 1300. The number of fused-ring (bicyclic) bond motifs is 1. The topological polar surface area (TPSA) is 56.6 Å². The van der Waals surface area contributed by atoms with Crippen molar-refractivity contribution < 1.29 is 14.3 Å². The van der Waals surface area contributed by atoms with Crippen LogP contribution in [-0.2, 0) is 11.3 Å².